The maximum Gasteiger partial charge on any atom is 0.137 e. The molecule has 2 heteroatoms. The lowest BCUT2D eigenvalue weighted by Gasteiger charge is -2.31. The van der Waals surface area contributed by atoms with E-state index in [1.165, 1.54) is 23.8 Å². The van der Waals surface area contributed by atoms with Crippen LogP contribution in [0.25, 0.3) is 11.0 Å². The quantitative estimate of drug-likeness (QED) is 0.863. The molecule has 0 spiro atoms. The van der Waals surface area contributed by atoms with Crippen molar-refractivity contribution in [3.05, 3.63) is 35.6 Å². The SMILES string of the molecule is Cc1cccc2cc(C3(C(C)C)CCCN3)oc12. The van der Waals surface area contributed by atoms with Crippen molar-refractivity contribution in [1.29, 1.82) is 0 Å². The van der Waals surface area contributed by atoms with Crippen molar-refractivity contribution in [2.45, 2.75) is 39.2 Å². The average molecular weight is 243 g/mol. The zero-order chi connectivity index (χ0) is 12.8. The van der Waals surface area contributed by atoms with Gasteiger partial charge in [-0.25, -0.2) is 0 Å². The number of rotatable bonds is 2. The molecule has 1 unspecified atom stereocenters. The van der Waals surface area contributed by atoms with Gasteiger partial charge >= 0.3 is 0 Å². The van der Waals surface area contributed by atoms with E-state index in [2.05, 4.69) is 50.4 Å². The summed E-state index contributed by atoms with van der Waals surface area (Å²) in [5, 5.41) is 4.89. The Labute approximate surface area is 108 Å². The topological polar surface area (TPSA) is 25.2 Å². The second-order valence-electron chi connectivity index (χ2n) is 5.76. The van der Waals surface area contributed by atoms with Crippen molar-refractivity contribution < 1.29 is 4.42 Å². The molecule has 1 aliphatic rings. The molecule has 0 saturated carbocycles. The minimum absolute atomic E-state index is 0.0332. The van der Waals surface area contributed by atoms with Crippen molar-refractivity contribution in [3.63, 3.8) is 0 Å². The van der Waals surface area contributed by atoms with Gasteiger partial charge in [-0.15, -0.1) is 0 Å². The van der Waals surface area contributed by atoms with Crippen LogP contribution >= 0.6 is 0 Å². The zero-order valence-electron chi connectivity index (χ0n) is 11.4. The molecule has 1 atom stereocenters. The Hall–Kier alpha value is -1.28. The fraction of sp³-hybridized carbons (Fsp3) is 0.500. The lowest BCUT2D eigenvalue weighted by molar-refractivity contribution is 0.231. The van der Waals surface area contributed by atoms with Crippen LogP contribution < -0.4 is 5.32 Å². The molecule has 1 saturated heterocycles. The highest BCUT2D eigenvalue weighted by molar-refractivity contribution is 5.81. The molecule has 2 nitrogen and oxygen atoms in total. The van der Waals surface area contributed by atoms with Gasteiger partial charge in [0.1, 0.15) is 11.3 Å². The van der Waals surface area contributed by atoms with E-state index in [1.54, 1.807) is 0 Å². The van der Waals surface area contributed by atoms with E-state index in [0.29, 0.717) is 5.92 Å². The molecule has 18 heavy (non-hydrogen) atoms. The first-order chi connectivity index (χ1) is 8.63. The number of furan rings is 1. The van der Waals surface area contributed by atoms with Crippen molar-refractivity contribution in [2.24, 2.45) is 5.92 Å². The van der Waals surface area contributed by atoms with E-state index >= 15 is 0 Å². The van der Waals surface area contributed by atoms with Gasteiger partial charge in [-0.05, 0) is 43.9 Å². The van der Waals surface area contributed by atoms with E-state index in [4.69, 9.17) is 4.42 Å². The maximum atomic E-state index is 6.18. The normalized spacial score (nSPS) is 24.2. The zero-order valence-corrected chi connectivity index (χ0v) is 11.4. The van der Waals surface area contributed by atoms with Crippen LogP contribution in [0.2, 0.25) is 0 Å². The first-order valence-corrected chi connectivity index (χ1v) is 6.88. The van der Waals surface area contributed by atoms with E-state index in [9.17, 15) is 0 Å². The fourth-order valence-electron chi connectivity index (χ4n) is 3.18. The number of benzene rings is 1. The molecule has 0 aliphatic carbocycles. The number of para-hydroxylation sites is 1. The van der Waals surface area contributed by atoms with Gasteiger partial charge in [-0.3, -0.25) is 0 Å². The van der Waals surface area contributed by atoms with Crippen LogP contribution in [0.3, 0.4) is 0 Å². The van der Waals surface area contributed by atoms with Gasteiger partial charge in [-0.2, -0.15) is 0 Å². The summed E-state index contributed by atoms with van der Waals surface area (Å²) in [6.07, 6.45) is 2.40. The molecule has 3 rings (SSSR count). The third kappa shape index (κ3) is 1.59. The highest BCUT2D eigenvalue weighted by atomic mass is 16.3. The van der Waals surface area contributed by atoms with Crippen LogP contribution in [-0.4, -0.2) is 6.54 Å². The second-order valence-corrected chi connectivity index (χ2v) is 5.76. The number of fused-ring (bicyclic) bond motifs is 1. The van der Waals surface area contributed by atoms with Gasteiger partial charge in [0, 0.05) is 5.39 Å². The van der Waals surface area contributed by atoms with Crippen LogP contribution in [0.4, 0.5) is 0 Å². The Morgan fingerprint density at radius 1 is 1.33 bits per heavy atom. The number of aryl methyl sites for hydroxylation is 1. The predicted molar refractivity (Wildman–Crippen MR) is 74.7 cm³/mol. The van der Waals surface area contributed by atoms with Crippen LogP contribution in [0, 0.1) is 12.8 Å². The highest BCUT2D eigenvalue weighted by Gasteiger charge is 2.41. The lowest BCUT2D eigenvalue weighted by Crippen LogP contribution is -2.41. The first-order valence-electron chi connectivity index (χ1n) is 6.88. The summed E-state index contributed by atoms with van der Waals surface area (Å²) < 4.78 is 6.18. The van der Waals surface area contributed by atoms with Crippen molar-refractivity contribution in [3.8, 4) is 0 Å². The van der Waals surface area contributed by atoms with E-state index < -0.39 is 0 Å². The van der Waals surface area contributed by atoms with Gasteiger partial charge in [0.25, 0.3) is 0 Å². The van der Waals surface area contributed by atoms with E-state index in [0.717, 1.165) is 17.9 Å². The minimum atomic E-state index is 0.0332. The van der Waals surface area contributed by atoms with Gasteiger partial charge in [-0.1, -0.05) is 32.0 Å². The van der Waals surface area contributed by atoms with Gasteiger partial charge in [0.15, 0.2) is 0 Å². The summed E-state index contributed by atoms with van der Waals surface area (Å²) in [5.41, 5.74) is 2.29. The van der Waals surface area contributed by atoms with Crippen molar-refractivity contribution in [1.82, 2.24) is 5.32 Å². The number of hydrogen-bond donors (Lipinski definition) is 1. The van der Waals surface area contributed by atoms with Crippen molar-refractivity contribution >= 4 is 11.0 Å². The fourth-order valence-corrected chi connectivity index (χ4v) is 3.18. The van der Waals surface area contributed by atoms with E-state index in [1.807, 2.05) is 0 Å². The Morgan fingerprint density at radius 2 is 2.17 bits per heavy atom. The molecule has 96 valence electrons. The van der Waals surface area contributed by atoms with Gasteiger partial charge < -0.3 is 9.73 Å². The lowest BCUT2D eigenvalue weighted by atomic mass is 9.82. The highest BCUT2D eigenvalue weighted by Crippen LogP contribution is 2.40. The van der Waals surface area contributed by atoms with Crippen LogP contribution in [0.5, 0.6) is 0 Å². The second kappa shape index (κ2) is 4.13. The van der Waals surface area contributed by atoms with Crippen molar-refractivity contribution in [2.75, 3.05) is 6.54 Å². The van der Waals surface area contributed by atoms with Gasteiger partial charge in [0.2, 0.25) is 0 Å². The Balaban J connectivity index is 2.16. The Kier molecular flexibility index (Phi) is 2.70. The molecule has 1 aromatic heterocycles. The molecule has 2 heterocycles. The van der Waals surface area contributed by atoms with Crippen LogP contribution in [0.1, 0.15) is 38.0 Å². The molecule has 1 N–H and O–H groups in total. The molecule has 0 amide bonds. The predicted octanol–water partition coefficient (Wildman–Crippen LogP) is 3.98. The summed E-state index contributed by atoms with van der Waals surface area (Å²) in [4.78, 5) is 0. The van der Waals surface area contributed by atoms with Crippen LogP contribution in [-0.2, 0) is 5.54 Å². The molecule has 1 fully saturated rings. The number of nitrogens with one attached hydrogen (secondary N) is 1. The smallest absolute Gasteiger partial charge is 0.137 e. The molecular weight excluding hydrogens is 222 g/mol. The third-order valence-electron chi connectivity index (χ3n) is 4.35. The Bertz CT molecular complexity index is 561. The summed E-state index contributed by atoms with van der Waals surface area (Å²) >= 11 is 0. The largest absolute Gasteiger partial charge is 0.459 e. The summed E-state index contributed by atoms with van der Waals surface area (Å²) in [7, 11) is 0. The molecule has 2 aromatic rings. The summed E-state index contributed by atoms with van der Waals surface area (Å²) in [5.74, 6) is 1.65. The summed E-state index contributed by atoms with van der Waals surface area (Å²) in [6, 6.07) is 8.57. The number of hydrogen-bond acceptors (Lipinski definition) is 2. The molecule has 0 bridgehead atoms. The maximum absolute atomic E-state index is 6.18. The van der Waals surface area contributed by atoms with Gasteiger partial charge in [0.05, 0.1) is 5.54 Å². The standard InChI is InChI=1S/C16H21NO/c1-11(2)16(8-5-9-17-16)14-10-13-7-4-6-12(3)15(13)18-14/h4,6-7,10-11,17H,5,8-9H2,1-3H3. The molecule has 1 aromatic carbocycles. The van der Waals surface area contributed by atoms with E-state index in [-0.39, 0.29) is 5.54 Å². The third-order valence-corrected chi connectivity index (χ3v) is 4.35. The molecule has 1 aliphatic heterocycles. The average Bonchev–Trinajstić information content (AvgIpc) is 2.96. The monoisotopic (exact) mass is 243 g/mol. The minimum Gasteiger partial charge on any atom is -0.459 e. The first kappa shape index (κ1) is 11.8. The summed E-state index contributed by atoms with van der Waals surface area (Å²) in [6.45, 7) is 7.75. The molecular formula is C16H21NO. The molecule has 0 radical (unpaired) electrons. The Morgan fingerprint density at radius 3 is 2.78 bits per heavy atom. The van der Waals surface area contributed by atoms with Crippen LogP contribution in [0.15, 0.2) is 28.7 Å².